The highest BCUT2D eigenvalue weighted by atomic mass is 35.5. The number of rotatable bonds is 5. The summed E-state index contributed by atoms with van der Waals surface area (Å²) >= 11 is 12.0. The Balaban J connectivity index is 1.76. The second-order valence-electron chi connectivity index (χ2n) is 7.07. The molecule has 3 rings (SSSR count). The first-order valence-corrected chi connectivity index (χ1v) is 9.89. The Hall–Kier alpha value is -1.75. The van der Waals surface area contributed by atoms with Crippen LogP contribution in [0.2, 0.25) is 10.0 Å². The number of phenolic OH excluding ortho intramolecular Hbond substituents is 2. The molecule has 1 fully saturated rings. The van der Waals surface area contributed by atoms with Crippen LogP contribution in [0.15, 0.2) is 41.4 Å². The van der Waals surface area contributed by atoms with Gasteiger partial charge in [-0.05, 0) is 38.1 Å². The Morgan fingerprint density at radius 3 is 2.67 bits per heavy atom. The van der Waals surface area contributed by atoms with E-state index in [2.05, 4.69) is 11.9 Å². The van der Waals surface area contributed by atoms with Crippen LogP contribution in [0, 0.1) is 0 Å². The van der Waals surface area contributed by atoms with Crippen LogP contribution in [0.5, 0.6) is 11.5 Å². The molecule has 2 aromatic rings. The smallest absolute Gasteiger partial charge is 0.143 e. The van der Waals surface area contributed by atoms with E-state index < -0.39 is 0 Å². The summed E-state index contributed by atoms with van der Waals surface area (Å²) in [6.45, 7) is 0.664. The van der Waals surface area contributed by atoms with Crippen LogP contribution < -0.4 is 0 Å². The van der Waals surface area contributed by atoms with Gasteiger partial charge in [0.1, 0.15) is 11.5 Å². The van der Waals surface area contributed by atoms with Gasteiger partial charge in [-0.15, -0.1) is 0 Å². The van der Waals surface area contributed by atoms with Gasteiger partial charge in [-0.25, -0.2) is 0 Å². The third-order valence-electron chi connectivity index (χ3n) is 5.13. The average molecular weight is 407 g/mol. The highest BCUT2D eigenvalue weighted by molar-refractivity contribution is 6.36. The molecule has 0 bridgehead atoms. The lowest BCUT2D eigenvalue weighted by Crippen LogP contribution is -2.42. The summed E-state index contributed by atoms with van der Waals surface area (Å²) in [6, 6.07) is 11.0. The predicted molar refractivity (Wildman–Crippen MR) is 111 cm³/mol. The van der Waals surface area contributed by atoms with Crippen molar-refractivity contribution in [2.45, 2.75) is 44.3 Å². The van der Waals surface area contributed by atoms with Gasteiger partial charge in [0, 0.05) is 35.0 Å². The highest BCUT2D eigenvalue weighted by Crippen LogP contribution is 2.31. The van der Waals surface area contributed by atoms with Crippen molar-refractivity contribution < 1.29 is 10.2 Å². The first-order chi connectivity index (χ1) is 13.0. The Morgan fingerprint density at radius 1 is 1.15 bits per heavy atom. The quantitative estimate of drug-likeness (QED) is 0.665. The Kier molecular flexibility index (Phi) is 6.64. The molecule has 144 valence electrons. The van der Waals surface area contributed by atoms with Gasteiger partial charge < -0.3 is 10.2 Å². The molecule has 2 unspecified atom stereocenters. The number of aromatic hydroxyl groups is 2. The molecule has 0 aromatic heterocycles. The first-order valence-electron chi connectivity index (χ1n) is 9.14. The number of likely N-dealkylation sites (N-methyl/N-ethyl adjacent to an activating group) is 1. The molecular weight excluding hydrogens is 383 g/mol. The molecule has 1 saturated carbocycles. The fourth-order valence-electron chi connectivity index (χ4n) is 3.67. The molecule has 27 heavy (non-hydrogen) atoms. The van der Waals surface area contributed by atoms with Crippen LogP contribution in [0.1, 0.15) is 36.8 Å². The minimum Gasteiger partial charge on any atom is -0.508 e. The number of aliphatic imine (C=N–C) groups is 1. The number of hydrogen-bond donors (Lipinski definition) is 2. The molecule has 0 saturated heterocycles. The first kappa shape index (κ1) is 20.0. The number of phenols is 2. The number of benzene rings is 2. The van der Waals surface area contributed by atoms with Crippen molar-refractivity contribution >= 4 is 29.4 Å². The van der Waals surface area contributed by atoms with Gasteiger partial charge in [-0.2, -0.15) is 0 Å². The Bertz CT molecular complexity index is 826. The lowest BCUT2D eigenvalue weighted by atomic mass is 9.89. The van der Waals surface area contributed by atoms with E-state index in [0.29, 0.717) is 22.9 Å². The fourth-order valence-corrected chi connectivity index (χ4v) is 4.18. The molecule has 2 aromatic carbocycles. The summed E-state index contributed by atoms with van der Waals surface area (Å²) in [4.78, 5) is 7.01. The molecule has 2 atom stereocenters. The summed E-state index contributed by atoms with van der Waals surface area (Å²) in [7, 11) is 2.07. The molecule has 1 aliphatic rings. The summed E-state index contributed by atoms with van der Waals surface area (Å²) in [5.41, 5.74) is 1.44. The fraction of sp³-hybridized carbons (Fsp3) is 0.381. The standard InChI is InChI=1S/C21H24Cl2N2O2/c1-25(13-14-6-2-5-9-20(14)26)19-8-4-3-7-18(19)24-12-15-10-16(22)11-17(23)21(15)27/h2,5-6,9-12,18-19,26-27H,3-4,7-8,13H2,1H3. The molecule has 0 aliphatic heterocycles. The number of hydrogen-bond acceptors (Lipinski definition) is 4. The topological polar surface area (TPSA) is 56.1 Å². The SMILES string of the molecule is CN(Cc1ccccc1O)C1CCCCC1N=Cc1cc(Cl)cc(Cl)c1O. The van der Waals surface area contributed by atoms with Gasteiger partial charge >= 0.3 is 0 Å². The van der Waals surface area contributed by atoms with E-state index in [4.69, 9.17) is 28.2 Å². The maximum absolute atomic E-state index is 10.1. The zero-order chi connectivity index (χ0) is 19.4. The van der Waals surface area contributed by atoms with Crippen molar-refractivity contribution in [3.8, 4) is 11.5 Å². The van der Waals surface area contributed by atoms with E-state index in [9.17, 15) is 10.2 Å². The monoisotopic (exact) mass is 406 g/mol. The van der Waals surface area contributed by atoms with E-state index in [-0.39, 0.29) is 22.9 Å². The molecule has 2 N–H and O–H groups in total. The van der Waals surface area contributed by atoms with Gasteiger partial charge in [0.25, 0.3) is 0 Å². The predicted octanol–water partition coefficient (Wildman–Crippen LogP) is 5.27. The van der Waals surface area contributed by atoms with E-state index >= 15 is 0 Å². The minimum absolute atomic E-state index is 0.000242. The van der Waals surface area contributed by atoms with Crippen LogP contribution in [-0.2, 0) is 6.54 Å². The molecule has 0 radical (unpaired) electrons. The van der Waals surface area contributed by atoms with Gasteiger partial charge in [-0.1, -0.05) is 54.2 Å². The van der Waals surface area contributed by atoms with Crippen LogP contribution in [-0.4, -0.2) is 40.5 Å². The Morgan fingerprint density at radius 2 is 1.89 bits per heavy atom. The van der Waals surface area contributed by atoms with E-state index in [1.165, 1.54) is 6.07 Å². The van der Waals surface area contributed by atoms with Crippen molar-refractivity contribution in [1.29, 1.82) is 0 Å². The van der Waals surface area contributed by atoms with Crippen molar-refractivity contribution in [2.24, 2.45) is 4.99 Å². The van der Waals surface area contributed by atoms with Crippen LogP contribution in [0.3, 0.4) is 0 Å². The van der Waals surface area contributed by atoms with Crippen molar-refractivity contribution in [3.05, 3.63) is 57.6 Å². The molecular formula is C21H24Cl2N2O2. The van der Waals surface area contributed by atoms with Crippen molar-refractivity contribution in [2.75, 3.05) is 7.05 Å². The average Bonchev–Trinajstić information content (AvgIpc) is 2.65. The summed E-state index contributed by atoms with van der Waals surface area (Å²) in [6.07, 6.45) is 6.00. The second kappa shape index (κ2) is 8.96. The number of nitrogens with zero attached hydrogens (tertiary/aromatic N) is 2. The highest BCUT2D eigenvalue weighted by Gasteiger charge is 2.28. The van der Waals surface area contributed by atoms with E-state index in [1.54, 1.807) is 18.3 Å². The van der Waals surface area contributed by atoms with Crippen LogP contribution >= 0.6 is 23.2 Å². The Labute approximate surface area is 170 Å². The van der Waals surface area contributed by atoms with E-state index in [1.807, 2.05) is 18.2 Å². The van der Waals surface area contributed by atoms with Crippen molar-refractivity contribution in [1.82, 2.24) is 4.90 Å². The van der Waals surface area contributed by atoms with Crippen LogP contribution in [0.4, 0.5) is 0 Å². The van der Waals surface area contributed by atoms with E-state index in [0.717, 1.165) is 31.2 Å². The van der Waals surface area contributed by atoms with Crippen molar-refractivity contribution in [3.63, 3.8) is 0 Å². The lowest BCUT2D eigenvalue weighted by Gasteiger charge is -2.36. The molecule has 1 aliphatic carbocycles. The van der Waals surface area contributed by atoms with Crippen LogP contribution in [0.25, 0.3) is 0 Å². The van der Waals surface area contributed by atoms with Gasteiger partial charge in [0.2, 0.25) is 0 Å². The zero-order valence-electron chi connectivity index (χ0n) is 15.3. The lowest BCUT2D eigenvalue weighted by molar-refractivity contribution is 0.162. The number of halogens is 2. The van der Waals surface area contributed by atoms with Gasteiger partial charge in [0.05, 0.1) is 11.1 Å². The molecule has 0 heterocycles. The number of para-hydroxylation sites is 1. The maximum atomic E-state index is 10.1. The molecule has 0 amide bonds. The van der Waals surface area contributed by atoms with Gasteiger partial charge in [-0.3, -0.25) is 9.89 Å². The third-order valence-corrected chi connectivity index (χ3v) is 5.64. The largest absolute Gasteiger partial charge is 0.508 e. The zero-order valence-corrected chi connectivity index (χ0v) is 16.8. The molecule has 4 nitrogen and oxygen atoms in total. The second-order valence-corrected chi connectivity index (χ2v) is 7.91. The molecule has 0 spiro atoms. The summed E-state index contributed by atoms with van der Waals surface area (Å²) < 4.78 is 0. The summed E-state index contributed by atoms with van der Waals surface area (Å²) in [5, 5.41) is 20.9. The maximum Gasteiger partial charge on any atom is 0.143 e. The summed E-state index contributed by atoms with van der Waals surface area (Å²) in [5.74, 6) is 0.318. The molecule has 6 heteroatoms. The minimum atomic E-state index is -0.000242. The van der Waals surface area contributed by atoms with Gasteiger partial charge in [0.15, 0.2) is 0 Å². The third kappa shape index (κ3) is 4.95. The normalized spacial score (nSPS) is 20.4.